The van der Waals surface area contributed by atoms with Gasteiger partial charge in [0, 0.05) is 22.3 Å². The average Bonchev–Trinajstić information content (AvgIpc) is 3.09. The highest BCUT2D eigenvalue weighted by Crippen LogP contribution is 2.34. The third-order valence-electron chi connectivity index (χ3n) is 5.62. The maximum absolute atomic E-state index is 13.1. The van der Waals surface area contributed by atoms with Crippen LogP contribution in [-0.4, -0.2) is 17.7 Å². The summed E-state index contributed by atoms with van der Waals surface area (Å²) in [7, 11) is 0. The van der Waals surface area contributed by atoms with Crippen molar-refractivity contribution in [1.82, 2.24) is 0 Å². The van der Waals surface area contributed by atoms with Gasteiger partial charge in [0.1, 0.15) is 10.7 Å². The van der Waals surface area contributed by atoms with Crippen LogP contribution in [0.25, 0.3) is 10.8 Å². The van der Waals surface area contributed by atoms with E-state index in [1.54, 1.807) is 24.3 Å². The van der Waals surface area contributed by atoms with Crippen LogP contribution in [0.5, 0.6) is 0 Å². The number of carbonyl (C=O) groups excluding carboxylic acids is 3. The first-order valence-electron chi connectivity index (χ1n) is 10.7. The van der Waals surface area contributed by atoms with Crippen LogP contribution in [0.15, 0.2) is 95.7 Å². The largest absolute Gasteiger partial charge is 0.350 e. The summed E-state index contributed by atoms with van der Waals surface area (Å²) in [6, 6.07) is 24.3. The molecular formula is C27H16Cl3N3O3. The van der Waals surface area contributed by atoms with Crippen LogP contribution in [0, 0.1) is 0 Å². The van der Waals surface area contributed by atoms with E-state index >= 15 is 0 Å². The quantitative estimate of drug-likeness (QED) is 0.274. The first-order chi connectivity index (χ1) is 17.3. The molecule has 0 bridgehead atoms. The third kappa shape index (κ3) is 4.42. The number of amides is 3. The van der Waals surface area contributed by atoms with Crippen LogP contribution in [-0.2, 0) is 9.59 Å². The lowest BCUT2D eigenvalue weighted by molar-refractivity contribution is -0.120. The summed E-state index contributed by atoms with van der Waals surface area (Å²) in [6.07, 6.45) is 0. The molecule has 5 rings (SSSR count). The summed E-state index contributed by atoms with van der Waals surface area (Å²) >= 11 is 18.2. The number of halogens is 3. The Bertz CT molecular complexity index is 1590. The van der Waals surface area contributed by atoms with Gasteiger partial charge in [0.15, 0.2) is 0 Å². The second-order valence-corrected chi connectivity index (χ2v) is 9.11. The normalized spacial score (nSPS) is 13.5. The monoisotopic (exact) mass is 535 g/mol. The predicted molar refractivity (Wildman–Crippen MR) is 144 cm³/mol. The first-order valence-corrected chi connectivity index (χ1v) is 11.9. The van der Waals surface area contributed by atoms with Crippen LogP contribution >= 0.6 is 34.8 Å². The lowest BCUT2D eigenvalue weighted by Crippen LogP contribution is -2.32. The van der Waals surface area contributed by atoms with Crippen LogP contribution in [0.1, 0.15) is 10.4 Å². The Morgan fingerprint density at radius 2 is 1.50 bits per heavy atom. The highest BCUT2D eigenvalue weighted by Gasteiger charge is 2.39. The maximum Gasteiger partial charge on any atom is 0.283 e. The van der Waals surface area contributed by atoms with Gasteiger partial charge in [-0.1, -0.05) is 77.3 Å². The minimum Gasteiger partial charge on any atom is -0.350 e. The molecule has 36 heavy (non-hydrogen) atoms. The van der Waals surface area contributed by atoms with Crippen LogP contribution in [0.4, 0.5) is 17.1 Å². The highest BCUT2D eigenvalue weighted by atomic mass is 35.5. The average molecular weight is 537 g/mol. The number of hydrogen-bond donors (Lipinski definition) is 2. The fourth-order valence-corrected chi connectivity index (χ4v) is 4.39. The zero-order valence-corrected chi connectivity index (χ0v) is 20.7. The first kappa shape index (κ1) is 23.9. The van der Waals surface area contributed by atoms with Gasteiger partial charge >= 0.3 is 0 Å². The number of benzene rings is 4. The van der Waals surface area contributed by atoms with Crippen LogP contribution < -0.4 is 15.5 Å². The van der Waals surface area contributed by atoms with E-state index in [9.17, 15) is 14.4 Å². The molecular weight excluding hydrogens is 521 g/mol. The van der Waals surface area contributed by atoms with Gasteiger partial charge in [-0.25, -0.2) is 4.90 Å². The molecule has 1 heterocycles. The predicted octanol–water partition coefficient (Wildman–Crippen LogP) is 6.83. The molecule has 4 aromatic rings. The molecule has 1 aliphatic heterocycles. The molecule has 0 unspecified atom stereocenters. The minimum atomic E-state index is -0.701. The molecule has 6 nitrogen and oxygen atoms in total. The van der Waals surface area contributed by atoms with Crippen molar-refractivity contribution in [3.8, 4) is 0 Å². The summed E-state index contributed by atoms with van der Waals surface area (Å²) in [6.45, 7) is 0. The molecule has 0 aliphatic carbocycles. The number of anilines is 3. The fourth-order valence-electron chi connectivity index (χ4n) is 3.88. The van der Waals surface area contributed by atoms with Gasteiger partial charge in [-0.3, -0.25) is 14.4 Å². The Kier molecular flexibility index (Phi) is 6.41. The molecule has 3 amide bonds. The number of fused-ring (bicyclic) bond motifs is 1. The van der Waals surface area contributed by atoms with Gasteiger partial charge in [-0.2, -0.15) is 0 Å². The summed E-state index contributed by atoms with van der Waals surface area (Å²) in [5.74, 6) is -1.69. The van der Waals surface area contributed by atoms with Gasteiger partial charge in [0.05, 0.1) is 15.7 Å². The Labute approximate surface area is 221 Å². The topological polar surface area (TPSA) is 78.5 Å². The van der Waals surface area contributed by atoms with E-state index in [2.05, 4.69) is 10.6 Å². The molecule has 0 spiro atoms. The molecule has 0 aromatic heterocycles. The van der Waals surface area contributed by atoms with Crippen molar-refractivity contribution < 1.29 is 14.4 Å². The molecule has 0 atom stereocenters. The molecule has 4 aromatic carbocycles. The van der Waals surface area contributed by atoms with Crippen molar-refractivity contribution >= 4 is 80.4 Å². The summed E-state index contributed by atoms with van der Waals surface area (Å²) in [5.41, 5.74) is 1.56. The smallest absolute Gasteiger partial charge is 0.283 e. The van der Waals surface area contributed by atoms with E-state index in [0.29, 0.717) is 16.9 Å². The van der Waals surface area contributed by atoms with E-state index in [1.807, 2.05) is 42.5 Å². The fraction of sp³-hybridized carbons (Fsp3) is 0. The van der Waals surface area contributed by atoms with Crippen molar-refractivity contribution in [3.63, 3.8) is 0 Å². The molecule has 0 saturated heterocycles. The van der Waals surface area contributed by atoms with Crippen LogP contribution in [0.2, 0.25) is 10.0 Å². The minimum absolute atomic E-state index is 0.112. The highest BCUT2D eigenvalue weighted by molar-refractivity contribution is 6.53. The Hall–Kier alpha value is -3.84. The lowest BCUT2D eigenvalue weighted by atomic mass is 10.1. The van der Waals surface area contributed by atoms with E-state index in [0.717, 1.165) is 15.7 Å². The Morgan fingerprint density at radius 3 is 2.31 bits per heavy atom. The second kappa shape index (κ2) is 9.66. The van der Waals surface area contributed by atoms with Crippen LogP contribution in [0.3, 0.4) is 0 Å². The van der Waals surface area contributed by atoms with E-state index in [4.69, 9.17) is 34.8 Å². The number of rotatable bonds is 5. The maximum atomic E-state index is 13.1. The number of nitrogens with one attached hydrogen (secondary N) is 2. The molecule has 178 valence electrons. The van der Waals surface area contributed by atoms with Gasteiger partial charge in [-0.15, -0.1) is 0 Å². The Morgan fingerprint density at radius 1 is 0.750 bits per heavy atom. The number of carbonyl (C=O) groups is 3. The van der Waals surface area contributed by atoms with Crippen molar-refractivity contribution in [2.75, 3.05) is 15.5 Å². The molecule has 9 heteroatoms. The van der Waals surface area contributed by atoms with Crippen molar-refractivity contribution in [2.45, 2.75) is 0 Å². The Balaban J connectivity index is 1.37. The standard InChI is InChI=1S/C27H16Cl3N3O3/c28-20-12-11-18(14-21(20)29)33-26(35)23(30)24(27(33)36)31-17-8-3-7-16(13-17)25(34)32-22-10-4-6-15-5-1-2-9-19(15)22/h1-14,31H,(H,32,34). The summed E-state index contributed by atoms with van der Waals surface area (Å²) < 4.78 is 0. The molecule has 0 saturated carbocycles. The third-order valence-corrected chi connectivity index (χ3v) is 6.71. The van der Waals surface area contributed by atoms with Gasteiger partial charge < -0.3 is 10.6 Å². The van der Waals surface area contributed by atoms with E-state index in [1.165, 1.54) is 18.2 Å². The SMILES string of the molecule is O=C(Nc1cccc2ccccc12)c1cccc(NC2=C(Cl)C(=O)N(c3ccc(Cl)c(Cl)c3)C2=O)c1. The number of nitrogens with zero attached hydrogens (tertiary/aromatic N) is 1. The second-order valence-electron chi connectivity index (χ2n) is 7.92. The summed E-state index contributed by atoms with van der Waals surface area (Å²) in [5, 5.41) is 7.93. The van der Waals surface area contributed by atoms with Crippen molar-refractivity contribution in [3.05, 3.63) is 111 Å². The van der Waals surface area contributed by atoms with E-state index in [-0.39, 0.29) is 32.4 Å². The number of imide groups is 1. The number of hydrogen-bond acceptors (Lipinski definition) is 4. The van der Waals surface area contributed by atoms with E-state index < -0.39 is 11.8 Å². The molecule has 2 N–H and O–H groups in total. The van der Waals surface area contributed by atoms with Gasteiger partial charge in [0.25, 0.3) is 17.7 Å². The summed E-state index contributed by atoms with van der Waals surface area (Å²) in [4.78, 5) is 39.7. The van der Waals surface area contributed by atoms with Crippen molar-refractivity contribution in [1.29, 1.82) is 0 Å². The molecule has 0 radical (unpaired) electrons. The molecule has 0 fully saturated rings. The van der Waals surface area contributed by atoms with Gasteiger partial charge in [-0.05, 0) is 47.9 Å². The van der Waals surface area contributed by atoms with Gasteiger partial charge in [0.2, 0.25) is 0 Å². The zero-order valence-electron chi connectivity index (χ0n) is 18.4. The zero-order chi connectivity index (χ0) is 25.4. The lowest BCUT2D eigenvalue weighted by Gasteiger charge is -2.16. The molecule has 1 aliphatic rings. The van der Waals surface area contributed by atoms with Crippen molar-refractivity contribution in [2.24, 2.45) is 0 Å².